The fraction of sp³-hybridized carbons (Fsp3) is 1.00. The van der Waals surface area contributed by atoms with Gasteiger partial charge in [0.15, 0.2) is 0 Å². The first-order valence-electron chi connectivity index (χ1n) is 11.7. The van der Waals surface area contributed by atoms with Gasteiger partial charge in [-0.2, -0.15) is 0 Å². The predicted molar refractivity (Wildman–Crippen MR) is 112 cm³/mol. The van der Waals surface area contributed by atoms with Crippen LogP contribution < -0.4 is 0 Å². The molecule has 25 heavy (non-hydrogen) atoms. The normalized spacial score (nSPS) is 33.5. The van der Waals surface area contributed by atoms with Crippen molar-refractivity contribution in [3.05, 3.63) is 0 Å². The van der Waals surface area contributed by atoms with E-state index in [1.165, 1.54) is 57.8 Å². The van der Waals surface area contributed by atoms with Crippen LogP contribution in [-0.4, -0.2) is 11.2 Å². The molecule has 0 amide bonds. The van der Waals surface area contributed by atoms with Crippen molar-refractivity contribution in [2.24, 2.45) is 23.7 Å². The summed E-state index contributed by atoms with van der Waals surface area (Å²) in [4.78, 5) is 0. The van der Waals surface area contributed by atoms with Gasteiger partial charge < -0.3 is 5.11 Å². The second-order valence-electron chi connectivity index (χ2n) is 9.34. The first-order valence-corrected chi connectivity index (χ1v) is 11.7. The quantitative estimate of drug-likeness (QED) is 0.538. The molecular weight excluding hydrogens is 304 g/mol. The summed E-state index contributed by atoms with van der Waals surface area (Å²) < 4.78 is 0. The van der Waals surface area contributed by atoms with E-state index in [-0.39, 0.29) is 6.10 Å². The molecule has 0 saturated heterocycles. The molecule has 1 heteroatoms. The van der Waals surface area contributed by atoms with Crippen LogP contribution in [0.4, 0.5) is 0 Å². The smallest absolute Gasteiger partial charge is 0.0540 e. The van der Waals surface area contributed by atoms with Crippen molar-refractivity contribution >= 4 is 0 Å². The van der Waals surface area contributed by atoms with Crippen molar-refractivity contribution in [3.8, 4) is 0 Å². The number of unbranched alkanes of at least 4 members (excludes halogenated alkanes) is 1. The lowest BCUT2D eigenvalue weighted by Gasteiger charge is -2.35. The Kier molecular flexibility index (Phi) is 12.9. The highest BCUT2D eigenvalue weighted by molar-refractivity contribution is 4.79. The number of hydrogen-bond donors (Lipinski definition) is 1. The fourth-order valence-corrected chi connectivity index (χ4v) is 4.76. The molecule has 3 aliphatic rings. The molecule has 1 N–H and O–H groups in total. The van der Waals surface area contributed by atoms with Crippen LogP contribution in [-0.2, 0) is 0 Å². The molecule has 0 aromatic carbocycles. The molecule has 0 aromatic rings. The third kappa shape index (κ3) is 10.6. The molecule has 1 nitrogen and oxygen atoms in total. The van der Waals surface area contributed by atoms with Crippen molar-refractivity contribution in [1.29, 1.82) is 0 Å². The Morgan fingerprint density at radius 3 is 1.64 bits per heavy atom. The van der Waals surface area contributed by atoms with E-state index in [4.69, 9.17) is 5.11 Å². The van der Waals surface area contributed by atoms with Crippen LogP contribution in [0.15, 0.2) is 0 Å². The molecule has 3 rings (SSSR count). The molecular formula is C24H48O. The zero-order valence-electron chi connectivity index (χ0n) is 17.9. The zero-order chi connectivity index (χ0) is 18.5. The Bertz CT molecular complexity index is 274. The Labute approximate surface area is 159 Å². The molecule has 0 aromatic heterocycles. The maximum atomic E-state index is 9.03. The van der Waals surface area contributed by atoms with Crippen LogP contribution in [0.3, 0.4) is 0 Å². The second kappa shape index (κ2) is 14.1. The van der Waals surface area contributed by atoms with Crippen LogP contribution in [0.25, 0.3) is 0 Å². The molecule has 3 aliphatic carbocycles. The summed E-state index contributed by atoms with van der Waals surface area (Å²) in [5, 5.41) is 9.03. The molecule has 0 bridgehead atoms. The van der Waals surface area contributed by atoms with Crippen molar-refractivity contribution in [2.45, 2.75) is 130 Å². The summed E-state index contributed by atoms with van der Waals surface area (Å²) in [5.74, 6) is 4.12. The van der Waals surface area contributed by atoms with E-state index in [0.717, 1.165) is 36.5 Å². The van der Waals surface area contributed by atoms with E-state index in [9.17, 15) is 0 Å². The molecule has 2 unspecified atom stereocenters. The minimum absolute atomic E-state index is 0.0196. The Hall–Kier alpha value is -0.0400. The van der Waals surface area contributed by atoms with Gasteiger partial charge in [0.2, 0.25) is 0 Å². The minimum Gasteiger partial charge on any atom is -0.393 e. The molecule has 0 heterocycles. The number of aliphatic hydroxyl groups excluding tert-OH is 1. The highest BCUT2D eigenvalue weighted by Crippen LogP contribution is 2.39. The van der Waals surface area contributed by atoms with Gasteiger partial charge in [0.05, 0.1) is 6.10 Å². The van der Waals surface area contributed by atoms with Gasteiger partial charge in [-0.05, 0) is 55.8 Å². The van der Waals surface area contributed by atoms with Gasteiger partial charge in [-0.1, -0.05) is 91.9 Å². The van der Waals surface area contributed by atoms with Gasteiger partial charge in [-0.15, -0.1) is 0 Å². The van der Waals surface area contributed by atoms with E-state index in [1.54, 1.807) is 25.7 Å². The summed E-state index contributed by atoms with van der Waals surface area (Å²) >= 11 is 0. The van der Waals surface area contributed by atoms with Gasteiger partial charge >= 0.3 is 0 Å². The lowest BCUT2D eigenvalue weighted by Crippen LogP contribution is -2.23. The standard InChI is InChI=1S/C13H24.C7H14O.C4H10/c1-11-6-5-9-13(10-11)12-7-3-2-4-8-12;1-6-2-4-7(8)5-3-6;1-3-4-2/h11-13H,2-10H2,1H3;6-8H,2-5H2,1H3;3-4H2,1-2H3. The minimum atomic E-state index is 0.0196. The fourth-order valence-electron chi connectivity index (χ4n) is 4.76. The number of aliphatic hydroxyl groups is 1. The van der Waals surface area contributed by atoms with E-state index < -0.39 is 0 Å². The Morgan fingerprint density at radius 1 is 0.600 bits per heavy atom. The summed E-state index contributed by atoms with van der Waals surface area (Å²) in [6, 6.07) is 0. The molecule has 0 radical (unpaired) electrons. The molecule has 3 fully saturated rings. The molecule has 2 atom stereocenters. The number of rotatable bonds is 2. The maximum absolute atomic E-state index is 9.03. The van der Waals surface area contributed by atoms with Gasteiger partial charge in [-0.25, -0.2) is 0 Å². The monoisotopic (exact) mass is 352 g/mol. The summed E-state index contributed by atoms with van der Waals surface area (Å²) in [7, 11) is 0. The van der Waals surface area contributed by atoms with E-state index in [2.05, 4.69) is 27.7 Å². The van der Waals surface area contributed by atoms with Crippen LogP contribution in [0, 0.1) is 23.7 Å². The Balaban J connectivity index is 0.000000223. The van der Waals surface area contributed by atoms with E-state index in [1.807, 2.05) is 0 Å². The summed E-state index contributed by atoms with van der Waals surface area (Å²) in [6.07, 6.45) is 20.9. The average molecular weight is 353 g/mol. The second-order valence-corrected chi connectivity index (χ2v) is 9.34. The molecule has 150 valence electrons. The van der Waals surface area contributed by atoms with Crippen molar-refractivity contribution in [3.63, 3.8) is 0 Å². The third-order valence-electron chi connectivity index (χ3n) is 6.78. The average Bonchev–Trinajstić information content (AvgIpc) is 2.66. The van der Waals surface area contributed by atoms with Crippen LogP contribution in [0.1, 0.15) is 124 Å². The van der Waals surface area contributed by atoms with Crippen LogP contribution >= 0.6 is 0 Å². The highest BCUT2D eigenvalue weighted by atomic mass is 16.3. The van der Waals surface area contributed by atoms with Crippen molar-refractivity contribution in [2.75, 3.05) is 0 Å². The maximum Gasteiger partial charge on any atom is 0.0540 e. The zero-order valence-corrected chi connectivity index (χ0v) is 17.9. The molecule has 3 saturated carbocycles. The topological polar surface area (TPSA) is 20.2 Å². The van der Waals surface area contributed by atoms with Gasteiger partial charge in [0.1, 0.15) is 0 Å². The number of hydrogen-bond acceptors (Lipinski definition) is 1. The van der Waals surface area contributed by atoms with Crippen LogP contribution in [0.2, 0.25) is 0 Å². The van der Waals surface area contributed by atoms with E-state index in [0.29, 0.717) is 0 Å². The first kappa shape index (κ1) is 23.0. The summed E-state index contributed by atoms with van der Waals surface area (Å²) in [5.41, 5.74) is 0. The lowest BCUT2D eigenvalue weighted by molar-refractivity contribution is 0.112. The van der Waals surface area contributed by atoms with Crippen LogP contribution in [0.5, 0.6) is 0 Å². The Morgan fingerprint density at radius 2 is 1.16 bits per heavy atom. The first-order chi connectivity index (χ1) is 12.1. The van der Waals surface area contributed by atoms with Gasteiger partial charge in [0.25, 0.3) is 0 Å². The van der Waals surface area contributed by atoms with E-state index >= 15 is 0 Å². The molecule has 0 aliphatic heterocycles. The SMILES string of the molecule is CC1CCC(O)CC1.CC1CCCC(C2CCCCC2)C1.CCCC. The largest absolute Gasteiger partial charge is 0.393 e. The lowest BCUT2D eigenvalue weighted by atomic mass is 9.71. The predicted octanol–water partition coefficient (Wildman–Crippen LogP) is 7.76. The highest BCUT2D eigenvalue weighted by Gasteiger charge is 2.27. The summed E-state index contributed by atoms with van der Waals surface area (Å²) in [6.45, 7) is 9.07. The van der Waals surface area contributed by atoms with Crippen molar-refractivity contribution in [1.82, 2.24) is 0 Å². The van der Waals surface area contributed by atoms with Crippen molar-refractivity contribution < 1.29 is 5.11 Å². The molecule has 0 spiro atoms. The third-order valence-corrected chi connectivity index (χ3v) is 6.78. The van der Waals surface area contributed by atoms with Gasteiger partial charge in [0, 0.05) is 0 Å². The van der Waals surface area contributed by atoms with Gasteiger partial charge in [-0.3, -0.25) is 0 Å².